The molecule has 2 aliphatic rings. The number of nitrogens with one attached hydrogen (secondary N) is 3. The van der Waals surface area contributed by atoms with E-state index >= 15 is 0 Å². The lowest BCUT2D eigenvalue weighted by Crippen LogP contribution is -2.15. The molecule has 43 heavy (non-hydrogen) atoms. The number of carboxylic acid groups (broad SMARTS) is 2. The largest absolute Gasteiger partial charge is 0.481 e. The molecule has 0 bridgehead atoms. The quantitative estimate of drug-likeness (QED) is 0.273. The first-order valence-corrected chi connectivity index (χ1v) is 13.8. The van der Waals surface area contributed by atoms with Crippen molar-refractivity contribution >= 4 is 47.7 Å². The van der Waals surface area contributed by atoms with Crippen molar-refractivity contribution in [3.8, 4) is 0 Å². The minimum absolute atomic E-state index is 0.0943. The van der Waals surface area contributed by atoms with Gasteiger partial charge in [0.2, 0.25) is 0 Å². The minimum Gasteiger partial charge on any atom is -0.481 e. The van der Waals surface area contributed by atoms with Crippen LogP contribution in [0.5, 0.6) is 0 Å². The van der Waals surface area contributed by atoms with Gasteiger partial charge in [-0.1, -0.05) is 25.3 Å². The van der Waals surface area contributed by atoms with Gasteiger partial charge in [-0.05, 0) is 86.6 Å². The molecule has 0 aliphatic carbocycles. The molecule has 0 unspecified atom stereocenters. The lowest BCUT2D eigenvalue weighted by atomic mass is 10.0. The van der Waals surface area contributed by atoms with Crippen LogP contribution in [-0.4, -0.2) is 49.6 Å². The van der Waals surface area contributed by atoms with Crippen LogP contribution in [-0.2, 0) is 32.0 Å². The molecule has 2 aromatic rings. The van der Waals surface area contributed by atoms with Gasteiger partial charge in [0.05, 0.1) is 11.4 Å². The Bertz CT molecular complexity index is 1860. The van der Waals surface area contributed by atoms with Crippen molar-refractivity contribution in [2.45, 2.75) is 53.4 Å². The number of allylic oxidation sites excluding steroid dienone is 2. The van der Waals surface area contributed by atoms with Gasteiger partial charge < -0.3 is 25.5 Å². The van der Waals surface area contributed by atoms with E-state index in [4.69, 9.17) is 0 Å². The van der Waals surface area contributed by atoms with E-state index in [2.05, 4.69) is 33.4 Å². The van der Waals surface area contributed by atoms with E-state index in [-0.39, 0.29) is 37.5 Å². The van der Waals surface area contributed by atoms with Crippen molar-refractivity contribution in [2.24, 2.45) is 4.99 Å². The standard InChI is InChI=1S/C33H34N4O6/c1-7-20-19(6)32(42)37-27(20)14-25-18(5)23(10-12-31(40)41)29(35-25)15-28-22(9-11-30(38)39)17(4)24(34-28)13-26-16(3)21(8-2)33(43)36-26/h7-8,13-15,34-35H,1-2,9-12H2,3-6H3,(H,37,42)(H,38,39)(H,40,41)/b24-13-,27-14+,28-15-. The van der Waals surface area contributed by atoms with Crippen LogP contribution in [0.25, 0.3) is 18.2 Å². The van der Waals surface area contributed by atoms with Gasteiger partial charge in [-0.25, -0.2) is 4.99 Å². The van der Waals surface area contributed by atoms with Crippen LogP contribution in [0.2, 0.25) is 0 Å². The number of aromatic amines is 2. The molecular weight excluding hydrogens is 548 g/mol. The number of aliphatic carboxylic acids is 2. The number of hydrogen-bond acceptors (Lipinski definition) is 4. The van der Waals surface area contributed by atoms with Crippen LogP contribution in [0.1, 0.15) is 60.3 Å². The zero-order valence-electron chi connectivity index (χ0n) is 24.6. The number of carbonyl (C=O) groups is 4. The molecule has 0 atom stereocenters. The summed E-state index contributed by atoms with van der Waals surface area (Å²) in [7, 11) is 0. The van der Waals surface area contributed by atoms with E-state index in [1.54, 1.807) is 32.1 Å². The van der Waals surface area contributed by atoms with E-state index in [0.717, 1.165) is 22.3 Å². The van der Waals surface area contributed by atoms with Crippen molar-refractivity contribution in [3.63, 3.8) is 0 Å². The zero-order valence-corrected chi connectivity index (χ0v) is 24.6. The van der Waals surface area contributed by atoms with Crippen LogP contribution >= 0.6 is 0 Å². The van der Waals surface area contributed by atoms with E-state index < -0.39 is 11.9 Å². The normalized spacial score (nSPS) is 16.9. The van der Waals surface area contributed by atoms with E-state index in [1.165, 1.54) is 6.08 Å². The number of aromatic nitrogens is 2. The smallest absolute Gasteiger partial charge is 0.303 e. The fraction of sp³-hybridized carbons (Fsp3) is 0.242. The maximum atomic E-state index is 12.3. The van der Waals surface area contributed by atoms with Gasteiger partial charge in [0.15, 0.2) is 0 Å². The number of rotatable bonds is 11. The molecule has 0 aromatic carbocycles. The van der Waals surface area contributed by atoms with Gasteiger partial charge in [0, 0.05) is 51.6 Å². The summed E-state index contributed by atoms with van der Waals surface area (Å²) in [6.45, 7) is 14.8. The summed E-state index contributed by atoms with van der Waals surface area (Å²) in [5.74, 6) is -2.46. The molecule has 2 amide bonds. The summed E-state index contributed by atoms with van der Waals surface area (Å²) in [6.07, 6.45) is 8.80. The number of carboxylic acids is 2. The minimum atomic E-state index is -0.941. The van der Waals surface area contributed by atoms with Crippen molar-refractivity contribution in [1.29, 1.82) is 0 Å². The Balaban J connectivity index is 1.92. The predicted octanol–water partition coefficient (Wildman–Crippen LogP) is 3.06. The third-order valence-corrected chi connectivity index (χ3v) is 7.87. The predicted molar refractivity (Wildman–Crippen MR) is 165 cm³/mol. The first kappa shape index (κ1) is 30.7. The van der Waals surface area contributed by atoms with Crippen molar-refractivity contribution in [3.05, 3.63) is 97.6 Å². The van der Waals surface area contributed by atoms with Crippen molar-refractivity contribution < 1.29 is 29.4 Å². The highest BCUT2D eigenvalue weighted by Gasteiger charge is 2.23. The van der Waals surface area contributed by atoms with E-state index in [9.17, 15) is 29.4 Å². The molecule has 2 aliphatic heterocycles. The lowest BCUT2D eigenvalue weighted by molar-refractivity contribution is -0.138. The number of aliphatic imine (C=N–C) groups is 1. The Kier molecular flexibility index (Phi) is 8.80. The molecule has 2 aromatic heterocycles. The molecule has 0 saturated heterocycles. The topological polar surface area (TPSA) is 165 Å². The third kappa shape index (κ3) is 6.18. The number of H-pyrrole nitrogens is 2. The maximum absolute atomic E-state index is 12.3. The van der Waals surface area contributed by atoms with Crippen LogP contribution in [0.4, 0.5) is 0 Å². The van der Waals surface area contributed by atoms with Gasteiger partial charge >= 0.3 is 11.9 Å². The van der Waals surface area contributed by atoms with Gasteiger partial charge in [0.25, 0.3) is 11.8 Å². The number of amides is 2. The first-order chi connectivity index (χ1) is 20.4. The molecule has 10 heteroatoms. The monoisotopic (exact) mass is 582 g/mol. The van der Waals surface area contributed by atoms with Crippen molar-refractivity contribution in [2.75, 3.05) is 0 Å². The van der Waals surface area contributed by atoms with Gasteiger partial charge in [-0.3, -0.25) is 19.2 Å². The lowest BCUT2D eigenvalue weighted by Gasteiger charge is -2.02. The molecule has 5 N–H and O–H groups in total. The SMILES string of the molecule is C=CC1=C(C)C(/C=c2\[nH]/c(=C\c3[nH]c(/C=C4/NC(=O)C(C)=C4C=C)c(C)c3CCC(=O)O)c(CCC(=O)O)c2C)=NC1=O. The van der Waals surface area contributed by atoms with Gasteiger partial charge in [-0.15, -0.1) is 0 Å². The second-order valence-electron chi connectivity index (χ2n) is 10.5. The van der Waals surface area contributed by atoms with Gasteiger partial charge in [0.1, 0.15) is 0 Å². The van der Waals surface area contributed by atoms with Gasteiger partial charge in [-0.2, -0.15) is 0 Å². The molecular formula is C33H34N4O6. The summed E-state index contributed by atoms with van der Waals surface area (Å²) in [5, 5.41) is 23.0. The second kappa shape index (κ2) is 12.3. The molecule has 10 nitrogen and oxygen atoms in total. The Morgan fingerprint density at radius 1 is 0.767 bits per heavy atom. The molecule has 0 saturated carbocycles. The van der Waals surface area contributed by atoms with Crippen LogP contribution in [0.3, 0.4) is 0 Å². The molecule has 4 rings (SSSR count). The Hall–Kier alpha value is -5.25. The van der Waals surface area contributed by atoms with Crippen molar-refractivity contribution in [1.82, 2.24) is 15.3 Å². The summed E-state index contributed by atoms with van der Waals surface area (Å²) in [4.78, 5) is 58.4. The fourth-order valence-corrected chi connectivity index (χ4v) is 5.34. The Morgan fingerprint density at radius 2 is 1.40 bits per heavy atom. The van der Waals surface area contributed by atoms with Crippen LogP contribution < -0.4 is 16.0 Å². The summed E-state index contributed by atoms with van der Waals surface area (Å²) >= 11 is 0. The number of carbonyl (C=O) groups excluding carboxylic acids is 2. The highest BCUT2D eigenvalue weighted by molar-refractivity contribution is 6.31. The average molecular weight is 583 g/mol. The zero-order chi connectivity index (χ0) is 31.6. The molecule has 222 valence electrons. The van der Waals surface area contributed by atoms with E-state index in [1.807, 2.05) is 19.9 Å². The number of nitrogens with zero attached hydrogens (tertiary/aromatic N) is 1. The summed E-state index contributed by atoms with van der Waals surface area (Å²) in [5.41, 5.74) is 7.97. The van der Waals surface area contributed by atoms with Crippen LogP contribution in [0, 0.1) is 13.8 Å². The summed E-state index contributed by atoms with van der Waals surface area (Å²) < 4.78 is 0. The molecule has 0 spiro atoms. The summed E-state index contributed by atoms with van der Waals surface area (Å²) in [6, 6.07) is 0. The van der Waals surface area contributed by atoms with Crippen LogP contribution in [0.15, 0.2) is 58.3 Å². The first-order valence-electron chi connectivity index (χ1n) is 13.8. The highest BCUT2D eigenvalue weighted by atomic mass is 16.4. The Labute approximate surface area is 248 Å². The van der Waals surface area contributed by atoms with E-state index in [0.29, 0.717) is 55.8 Å². The second-order valence-corrected chi connectivity index (χ2v) is 10.5. The molecule has 0 radical (unpaired) electrons. The average Bonchev–Trinajstić information content (AvgIpc) is 3.59. The maximum Gasteiger partial charge on any atom is 0.303 e. The number of hydrogen-bond donors (Lipinski definition) is 5. The third-order valence-electron chi connectivity index (χ3n) is 7.87. The highest BCUT2D eigenvalue weighted by Crippen LogP contribution is 2.27. The molecule has 0 fully saturated rings. The fourth-order valence-electron chi connectivity index (χ4n) is 5.34. The Morgan fingerprint density at radius 3 is 1.98 bits per heavy atom. The molecule has 4 heterocycles.